The SMILES string of the molecule is COc1ccc(C)cc1N[C@H](C)C(=O)Nc1cccc(C#N)c1. The van der Waals surface area contributed by atoms with E-state index in [1.54, 1.807) is 38.3 Å². The average Bonchev–Trinajstić information content (AvgIpc) is 2.55. The lowest BCUT2D eigenvalue weighted by atomic mass is 10.1. The van der Waals surface area contributed by atoms with Crippen LogP contribution in [0.25, 0.3) is 0 Å². The lowest BCUT2D eigenvalue weighted by Gasteiger charge is -2.18. The van der Waals surface area contributed by atoms with Gasteiger partial charge in [0.2, 0.25) is 5.91 Å². The van der Waals surface area contributed by atoms with E-state index in [1.165, 1.54) is 0 Å². The van der Waals surface area contributed by atoms with Gasteiger partial charge >= 0.3 is 0 Å². The normalized spacial score (nSPS) is 11.2. The molecule has 0 bridgehead atoms. The Morgan fingerprint density at radius 2 is 2.04 bits per heavy atom. The number of carbonyl (C=O) groups excluding carboxylic acids is 1. The summed E-state index contributed by atoms with van der Waals surface area (Å²) in [7, 11) is 1.59. The quantitative estimate of drug-likeness (QED) is 0.888. The van der Waals surface area contributed by atoms with Gasteiger partial charge in [-0.3, -0.25) is 4.79 Å². The van der Waals surface area contributed by atoms with Crippen molar-refractivity contribution < 1.29 is 9.53 Å². The van der Waals surface area contributed by atoms with Crippen molar-refractivity contribution in [2.45, 2.75) is 19.9 Å². The standard InChI is InChI=1S/C18H19N3O2/c1-12-7-8-17(23-3)16(9-12)20-13(2)18(22)21-15-6-4-5-14(10-15)11-19/h4-10,13,20H,1-3H3,(H,21,22)/t13-/m1/s1. The van der Waals surface area contributed by atoms with Gasteiger partial charge in [0.15, 0.2) is 0 Å². The lowest BCUT2D eigenvalue weighted by molar-refractivity contribution is -0.116. The van der Waals surface area contributed by atoms with Gasteiger partial charge in [0.25, 0.3) is 0 Å². The number of aryl methyl sites for hydroxylation is 1. The number of amides is 1. The van der Waals surface area contributed by atoms with Gasteiger partial charge in [-0.1, -0.05) is 12.1 Å². The second kappa shape index (κ2) is 7.32. The molecule has 0 spiro atoms. The van der Waals surface area contributed by atoms with Crippen LogP contribution in [-0.4, -0.2) is 19.1 Å². The van der Waals surface area contributed by atoms with Crippen LogP contribution in [0.3, 0.4) is 0 Å². The molecule has 0 aliphatic rings. The van der Waals surface area contributed by atoms with Gasteiger partial charge in [-0.05, 0) is 49.7 Å². The number of hydrogen-bond acceptors (Lipinski definition) is 4. The van der Waals surface area contributed by atoms with Crippen LogP contribution in [0.5, 0.6) is 5.75 Å². The van der Waals surface area contributed by atoms with Crippen LogP contribution in [-0.2, 0) is 4.79 Å². The highest BCUT2D eigenvalue weighted by Gasteiger charge is 2.15. The summed E-state index contributed by atoms with van der Waals surface area (Å²) in [4.78, 5) is 12.3. The van der Waals surface area contributed by atoms with Gasteiger partial charge in [-0.25, -0.2) is 0 Å². The molecule has 1 atom stereocenters. The highest BCUT2D eigenvalue weighted by molar-refractivity contribution is 5.96. The van der Waals surface area contributed by atoms with Crippen molar-refractivity contribution in [2.75, 3.05) is 17.7 Å². The molecule has 1 amide bonds. The van der Waals surface area contributed by atoms with Crippen LogP contribution in [0.1, 0.15) is 18.1 Å². The second-order valence-corrected chi connectivity index (χ2v) is 5.25. The van der Waals surface area contributed by atoms with E-state index in [0.29, 0.717) is 17.0 Å². The first kappa shape index (κ1) is 16.4. The topological polar surface area (TPSA) is 74.2 Å². The van der Waals surface area contributed by atoms with Crippen LogP contribution in [0, 0.1) is 18.3 Å². The molecule has 2 rings (SSSR count). The van der Waals surface area contributed by atoms with Gasteiger partial charge < -0.3 is 15.4 Å². The fourth-order valence-electron chi connectivity index (χ4n) is 2.15. The van der Waals surface area contributed by atoms with Gasteiger partial charge in [-0.15, -0.1) is 0 Å². The zero-order chi connectivity index (χ0) is 16.8. The summed E-state index contributed by atoms with van der Waals surface area (Å²) in [5, 5.41) is 14.8. The molecule has 0 saturated carbocycles. The summed E-state index contributed by atoms with van der Waals surface area (Å²) in [6.07, 6.45) is 0. The molecule has 23 heavy (non-hydrogen) atoms. The van der Waals surface area contributed by atoms with Gasteiger partial charge in [0.05, 0.1) is 24.4 Å². The Morgan fingerprint density at radius 1 is 1.26 bits per heavy atom. The number of ether oxygens (including phenoxy) is 1. The van der Waals surface area contributed by atoms with Crippen molar-refractivity contribution in [2.24, 2.45) is 0 Å². The first-order valence-corrected chi connectivity index (χ1v) is 7.25. The van der Waals surface area contributed by atoms with E-state index >= 15 is 0 Å². The number of carbonyl (C=O) groups is 1. The van der Waals surface area contributed by atoms with Crippen molar-refractivity contribution in [1.29, 1.82) is 5.26 Å². The van der Waals surface area contributed by atoms with Crippen LogP contribution in [0.4, 0.5) is 11.4 Å². The molecule has 2 N–H and O–H groups in total. The van der Waals surface area contributed by atoms with E-state index in [9.17, 15) is 4.79 Å². The van der Waals surface area contributed by atoms with E-state index in [0.717, 1.165) is 11.3 Å². The Kier molecular flexibility index (Phi) is 5.21. The number of nitrogens with zero attached hydrogens (tertiary/aromatic N) is 1. The Hall–Kier alpha value is -3.00. The summed E-state index contributed by atoms with van der Waals surface area (Å²) in [6, 6.07) is 14.1. The fourth-order valence-corrected chi connectivity index (χ4v) is 2.15. The number of nitriles is 1. The monoisotopic (exact) mass is 309 g/mol. The maximum absolute atomic E-state index is 12.3. The van der Waals surface area contributed by atoms with Crippen molar-refractivity contribution in [3.05, 3.63) is 53.6 Å². The number of anilines is 2. The second-order valence-electron chi connectivity index (χ2n) is 5.25. The maximum Gasteiger partial charge on any atom is 0.246 e. The third kappa shape index (κ3) is 4.24. The molecule has 0 unspecified atom stereocenters. The van der Waals surface area contributed by atoms with Crippen molar-refractivity contribution in [3.8, 4) is 11.8 Å². The van der Waals surface area contributed by atoms with E-state index in [4.69, 9.17) is 10.00 Å². The smallest absolute Gasteiger partial charge is 0.246 e. The lowest BCUT2D eigenvalue weighted by Crippen LogP contribution is -2.32. The number of rotatable bonds is 5. The molecule has 2 aromatic carbocycles. The third-order valence-corrected chi connectivity index (χ3v) is 3.38. The predicted octanol–water partition coefficient (Wildman–Crippen LogP) is 3.31. The average molecular weight is 309 g/mol. The minimum Gasteiger partial charge on any atom is -0.495 e. The molecule has 0 fully saturated rings. The molecule has 118 valence electrons. The summed E-state index contributed by atoms with van der Waals surface area (Å²) in [5.74, 6) is 0.491. The number of methoxy groups -OCH3 is 1. The maximum atomic E-state index is 12.3. The largest absolute Gasteiger partial charge is 0.495 e. The Balaban J connectivity index is 2.08. The minimum atomic E-state index is -0.462. The Bertz CT molecular complexity index is 750. The van der Waals surface area contributed by atoms with Crippen LogP contribution >= 0.6 is 0 Å². The van der Waals surface area contributed by atoms with Crippen molar-refractivity contribution in [1.82, 2.24) is 0 Å². The Morgan fingerprint density at radius 3 is 2.74 bits per heavy atom. The molecule has 5 nitrogen and oxygen atoms in total. The van der Waals surface area contributed by atoms with Crippen LogP contribution in [0.15, 0.2) is 42.5 Å². The molecule has 0 aliphatic heterocycles. The number of benzene rings is 2. The molecule has 0 radical (unpaired) electrons. The first-order valence-electron chi connectivity index (χ1n) is 7.25. The summed E-state index contributed by atoms with van der Waals surface area (Å²) in [5.41, 5.74) is 2.94. The van der Waals surface area contributed by atoms with E-state index in [2.05, 4.69) is 10.6 Å². The van der Waals surface area contributed by atoms with E-state index in [-0.39, 0.29) is 5.91 Å². The van der Waals surface area contributed by atoms with Gasteiger partial charge in [0.1, 0.15) is 11.8 Å². The molecule has 5 heteroatoms. The predicted molar refractivity (Wildman–Crippen MR) is 90.6 cm³/mol. The molecular formula is C18H19N3O2. The van der Waals surface area contributed by atoms with Crippen molar-refractivity contribution >= 4 is 17.3 Å². The third-order valence-electron chi connectivity index (χ3n) is 3.38. The highest BCUT2D eigenvalue weighted by Crippen LogP contribution is 2.26. The van der Waals surface area contributed by atoms with E-state index < -0.39 is 6.04 Å². The molecule has 0 saturated heterocycles. The molecule has 0 heterocycles. The van der Waals surface area contributed by atoms with Gasteiger partial charge in [-0.2, -0.15) is 5.26 Å². The molecule has 0 aromatic heterocycles. The van der Waals surface area contributed by atoms with Crippen molar-refractivity contribution in [3.63, 3.8) is 0 Å². The minimum absolute atomic E-state index is 0.191. The van der Waals surface area contributed by atoms with Gasteiger partial charge in [0, 0.05) is 5.69 Å². The first-order chi connectivity index (χ1) is 11.0. The van der Waals surface area contributed by atoms with Crippen LogP contribution in [0.2, 0.25) is 0 Å². The number of nitrogens with one attached hydrogen (secondary N) is 2. The molecule has 2 aromatic rings. The molecular weight excluding hydrogens is 290 g/mol. The summed E-state index contributed by atoms with van der Waals surface area (Å²) < 4.78 is 5.30. The zero-order valence-corrected chi connectivity index (χ0v) is 13.4. The zero-order valence-electron chi connectivity index (χ0n) is 13.4. The molecule has 0 aliphatic carbocycles. The van der Waals surface area contributed by atoms with Crippen LogP contribution < -0.4 is 15.4 Å². The summed E-state index contributed by atoms with van der Waals surface area (Å²) >= 11 is 0. The highest BCUT2D eigenvalue weighted by atomic mass is 16.5. The number of hydrogen-bond donors (Lipinski definition) is 2. The summed E-state index contributed by atoms with van der Waals surface area (Å²) in [6.45, 7) is 3.74. The fraction of sp³-hybridized carbons (Fsp3) is 0.222. The van der Waals surface area contributed by atoms with E-state index in [1.807, 2.05) is 31.2 Å². The Labute approximate surface area is 135 Å².